The Labute approximate surface area is 240 Å². The monoisotopic (exact) mass is 634 g/mol. The van der Waals surface area contributed by atoms with Gasteiger partial charge in [0.15, 0.2) is 0 Å². The predicted molar refractivity (Wildman–Crippen MR) is 158 cm³/mol. The molecule has 0 saturated carbocycles. The first-order chi connectivity index (χ1) is 16.4. The van der Waals surface area contributed by atoms with Crippen molar-refractivity contribution in [1.82, 2.24) is 0 Å². The number of nitrogens with zero attached hydrogens (tertiary/aromatic N) is 1. The van der Waals surface area contributed by atoms with Gasteiger partial charge in [0.25, 0.3) is 0 Å². The molecule has 0 atom stereocenters. The maximum Gasteiger partial charge on any atom is 0.0916 e. The van der Waals surface area contributed by atoms with Gasteiger partial charge in [0, 0.05) is 57.7 Å². The zero-order valence-electron chi connectivity index (χ0n) is 23.3. The van der Waals surface area contributed by atoms with Crippen LogP contribution in [0.3, 0.4) is 0 Å². The van der Waals surface area contributed by atoms with Crippen molar-refractivity contribution < 1.29 is 33.4 Å². The Bertz CT molecular complexity index is 1150. The fourth-order valence-electron chi connectivity index (χ4n) is 3.98. The molecule has 3 aromatic carbocycles. The first kappa shape index (κ1) is 35.3. The number of para-hydroxylation sites is 1. The fourth-order valence-corrected chi connectivity index (χ4v) is 7.99. The second-order valence-electron chi connectivity index (χ2n) is 10.7. The SMILES string of the molecule is CN(C)c1ccc(P(C(C)(C)C)C(C)(C)C)cc1.CS(=O)(=O)[O-].Nc1ccccc1-c1[c]cccc1.[Pd]. The topological polar surface area (TPSA) is 86.5 Å². The van der Waals surface area contributed by atoms with Gasteiger partial charge in [-0.05, 0) is 45.4 Å². The molecule has 0 aliphatic heterocycles. The second kappa shape index (κ2) is 15.0. The van der Waals surface area contributed by atoms with Gasteiger partial charge in [0.05, 0.1) is 10.1 Å². The van der Waals surface area contributed by atoms with E-state index in [9.17, 15) is 0 Å². The summed E-state index contributed by atoms with van der Waals surface area (Å²) >= 11 is 0. The van der Waals surface area contributed by atoms with Crippen LogP contribution in [0.5, 0.6) is 0 Å². The second-order valence-corrected chi connectivity index (χ2v) is 15.9. The molecule has 0 saturated heterocycles. The Balaban J connectivity index is 0.000000596. The van der Waals surface area contributed by atoms with Gasteiger partial charge < -0.3 is 15.2 Å². The smallest absolute Gasteiger partial charge is 0.0916 e. The minimum Gasteiger partial charge on any atom is -0.748 e. The largest absolute Gasteiger partial charge is 0.748 e. The summed E-state index contributed by atoms with van der Waals surface area (Å²) in [7, 11) is 0.0726. The van der Waals surface area contributed by atoms with Gasteiger partial charge in [0.1, 0.15) is 0 Å². The molecule has 5 nitrogen and oxygen atoms in total. The summed E-state index contributed by atoms with van der Waals surface area (Å²) in [6.07, 6.45) is 0.604. The van der Waals surface area contributed by atoms with Crippen LogP contribution >= 0.6 is 7.92 Å². The number of anilines is 2. The van der Waals surface area contributed by atoms with E-state index in [0.29, 0.717) is 16.6 Å². The van der Waals surface area contributed by atoms with Crippen molar-refractivity contribution in [2.24, 2.45) is 0 Å². The van der Waals surface area contributed by atoms with Crippen LogP contribution in [0.25, 0.3) is 11.1 Å². The number of rotatable bonds is 3. The summed E-state index contributed by atoms with van der Waals surface area (Å²) in [4.78, 5) is 2.15. The van der Waals surface area contributed by atoms with Gasteiger partial charge in [-0.15, -0.1) is 0 Å². The molecule has 8 heteroatoms. The fraction of sp³-hybridized carbons (Fsp3) is 0.379. The van der Waals surface area contributed by atoms with Gasteiger partial charge in [-0.25, -0.2) is 8.42 Å². The van der Waals surface area contributed by atoms with E-state index in [4.69, 9.17) is 18.7 Å². The van der Waals surface area contributed by atoms with E-state index in [1.54, 1.807) is 0 Å². The zero-order chi connectivity index (χ0) is 27.7. The summed E-state index contributed by atoms with van der Waals surface area (Å²) in [5, 5.41) is 2.19. The average molecular weight is 635 g/mol. The molecule has 207 valence electrons. The zero-order valence-corrected chi connectivity index (χ0v) is 26.6. The van der Waals surface area contributed by atoms with Crippen LogP contribution < -0.4 is 15.9 Å². The van der Waals surface area contributed by atoms with Crippen LogP contribution in [-0.2, 0) is 30.5 Å². The molecule has 0 heterocycles. The maximum absolute atomic E-state index is 9.08. The minimum absolute atomic E-state index is 0. The van der Waals surface area contributed by atoms with Crippen molar-refractivity contribution in [3.8, 4) is 11.1 Å². The molecule has 0 aliphatic rings. The molecule has 2 N–H and O–H groups in total. The number of nitrogens with two attached hydrogens (primary N) is 1. The summed E-state index contributed by atoms with van der Waals surface area (Å²) < 4.78 is 27.2. The molecule has 0 aromatic heterocycles. The molecule has 0 spiro atoms. The summed E-state index contributed by atoms with van der Waals surface area (Å²) in [5.74, 6) is 0. The Morgan fingerprint density at radius 1 is 0.838 bits per heavy atom. The Morgan fingerprint density at radius 3 is 1.68 bits per heavy atom. The van der Waals surface area contributed by atoms with Crippen molar-refractivity contribution in [2.45, 2.75) is 51.9 Å². The van der Waals surface area contributed by atoms with E-state index in [0.717, 1.165) is 16.8 Å². The third-order valence-electron chi connectivity index (χ3n) is 4.93. The predicted octanol–water partition coefficient (Wildman–Crippen LogP) is 6.35. The summed E-state index contributed by atoms with van der Waals surface area (Å²) in [5.41, 5.74) is 9.99. The number of hydrogen-bond donors (Lipinski definition) is 1. The van der Waals surface area contributed by atoms with E-state index in [2.05, 4.69) is 90.9 Å². The molecule has 0 unspecified atom stereocenters. The first-order valence-electron chi connectivity index (χ1n) is 11.7. The van der Waals surface area contributed by atoms with Crippen LogP contribution in [0.15, 0.2) is 72.8 Å². The van der Waals surface area contributed by atoms with Crippen molar-refractivity contribution in [1.29, 1.82) is 0 Å². The normalized spacial score (nSPS) is 11.3. The standard InChI is InChI=1S/C16H28NP.C12H10N.CH4O3S.Pd/c1-15(2,3)18(16(4,5)6)14-11-9-13(10-12-14)17(7)8;13-12-9-5-4-8-11(12)10-6-2-1-3-7-10;1-5(2,3)4;/h9-12H,1-8H3;1-6,8-9H,13H2;1H3,(H,2,3,4);/p-1. The van der Waals surface area contributed by atoms with Crippen LogP contribution in [0, 0.1) is 6.07 Å². The molecule has 0 bridgehead atoms. The minimum atomic E-state index is -3.92. The number of benzene rings is 3. The third-order valence-corrected chi connectivity index (χ3v) is 8.42. The Hall–Kier alpha value is -1.74. The Morgan fingerprint density at radius 2 is 1.30 bits per heavy atom. The molecule has 1 radical (unpaired) electrons. The first-order valence-corrected chi connectivity index (χ1v) is 14.9. The van der Waals surface area contributed by atoms with Crippen LogP contribution in [0.1, 0.15) is 41.5 Å². The molecular weight excluding hydrogens is 594 g/mol. The molecule has 3 aromatic rings. The third kappa shape index (κ3) is 13.6. The summed E-state index contributed by atoms with van der Waals surface area (Å²) in [6.45, 7) is 14.2. The van der Waals surface area contributed by atoms with E-state index in [1.807, 2.05) is 48.5 Å². The van der Waals surface area contributed by atoms with Crippen molar-refractivity contribution in [3.05, 3.63) is 78.9 Å². The van der Waals surface area contributed by atoms with E-state index < -0.39 is 10.1 Å². The van der Waals surface area contributed by atoms with Crippen LogP contribution in [0.4, 0.5) is 11.4 Å². The van der Waals surface area contributed by atoms with Crippen LogP contribution in [-0.4, -0.2) is 43.6 Å². The van der Waals surface area contributed by atoms with Gasteiger partial charge in [-0.2, -0.15) is 0 Å². The number of hydrogen-bond acceptors (Lipinski definition) is 5. The quantitative estimate of drug-likeness (QED) is 0.157. The van der Waals surface area contributed by atoms with Crippen molar-refractivity contribution >= 4 is 34.7 Å². The molecule has 37 heavy (non-hydrogen) atoms. The van der Waals surface area contributed by atoms with Gasteiger partial charge in [0.2, 0.25) is 0 Å². The number of nitrogen functional groups attached to an aromatic ring is 1. The van der Waals surface area contributed by atoms with E-state index in [1.165, 1.54) is 11.0 Å². The van der Waals surface area contributed by atoms with E-state index in [-0.39, 0.29) is 28.3 Å². The molecule has 3 rings (SSSR count). The van der Waals surface area contributed by atoms with Gasteiger partial charge in [-0.3, -0.25) is 0 Å². The summed E-state index contributed by atoms with van der Waals surface area (Å²) in [6, 6.07) is 27.9. The molecule has 0 amide bonds. The maximum atomic E-state index is 9.08. The van der Waals surface area contributed by atoms with Crippen molar-refractivity contribution in [2.75, 3.05) is 31.0 Å². The van der Waals surface area contributed by atoms with E-state index >= 15 is 0 Å². The molecular formula is C29H41N2O3PPdS-. The van der Waals surface area contributed by atoms with Crippen molar-refractivity contribution in [3.63, 3.8) is 0 Å². The molecule has 0 fully saturated rings. The average Bonchev–Trinajstić information content (AvgIpc) is 2.72. The Kier molecular flexibility index (Phi) is 14.3. The van der Waals surface area contributed by atoms with Gasteiger partial charge >= 0.3 is 0 Å². The molecule has 0 aliphatic carbocycles. The van der Waals surface area contributed by atoms with Gasteiger partial charge in [-0.1, -0.05) is 104 Å². The van der Waals surface area contributed by atoms with Crippen LogP contribution in [0.2, 0.25) is 0 Å².